The number of hydrogen-bond acceptors (Lipinski definition) is 6. The van der Waals surface area contributed by atoms with Crippen molar-refractivity contribution in [1.82, 2.24) is 14.8 Å². The van der Waals surface area contributed by atoms with Crippen LogP contribution >= 0.6 is 38.6 Å². The Morgan fingerprint density at radius 3 is 3.00 bits per heavy atom. The number of carbonyl (C=O) groups is 1. The van der Waals surface area contributed by atoms with Gasteiger partial charge in [0.05, 0.1) is 22.5 Å². The number of nitrogens with zero attached hydrogens (tertiary/aromatic N) is 3. The summed E-state index contributed by atoms with van der Waals surface area (Å²) in [4.78, 5) is 18.4. The predicted octanol–water partition coefficient (Wildman–Crippen LogP) is 5.49. The maximum absolute atomic E-state index is 12.5. The van der Waals surface area contributed by atoms with Crippen molar-refractivity contribution in [2.24, 2.45) is 0 Å². The highest BCUT2D eigenvalue weighted by molar-refractivity contribution is 9.10. The minimum atomic E-state index is -0.00656. The molecule has 6 nitrogen and oxygen atoms in total. The van der Waals surface area contributed by atoms with E-state index in [0.29, 0.717) is 13.0 Å². The van der Waals surface area contributed by atoms with E-state index in [4.69, 9.17) is 14.8 Å². The highest BCUT2D eigenvalue weighted by Crippen LogP contribution is 2.43. The van der Waals surface area contributed by atoms with E-state index < -0.39 is 0 Å². The van der Waals surface area contributed by atoms with Crippen LogP contribution in [0.4, 0.5) is 5.82 Å². The standard InChI is InChI=1S/C20H17BrN4O2S2/c1-3-27-12-4-5-14-16(7-12)29-20(22-14)25-19-18(10(2)24-25)13(8-17(26)23-19)15-6-11(21)9-28-15/h4-7,9,13H,3,8H2,1-2H3,(H,23,26). The topological polar surface area (TPSA) is 69.0 Å². The fraction of sp³-hybridized carbons (Fsp3) is 0.250. The lowest BCUT2D eigenvalue weighted by atomic mass is 9.91. The second-order valence-electron chi connectivity index (χ2n) is 6.79. The third kappa shape index (κ3) is 3.27. The van der Waals surface area contributed by atoms with Crippen molar-refractivity contribution in [2.75, 3.05) is 11.9 Å². The first-order valence-corrected chi connectivity index (χ1v) is 11.7. The van der Waals surface area contributed by atoms with Gasteiger partial charge in [0.15, 0.2) is 0 Å². The Balaban J connectivity index is 1.62. The lowest BCUT2D eigenvalue weighted by Crippen LogP contribution is -2.24. The minimum Gasteiger partial charge on any atom is -0.494 e. The smallest absolute Gasteiger partial charge is 0.226 e. The Morgan fingerprint density at radius 2 is 2.24 bits per heavy atom. The summed E-state index contributed by atoms with van der Waals surface area (Å²) in [6.45, 7) is 4.57. The van der Waals surface area contributed by atoms with Gasteiger partial charge in [0.2, 0.25) is 11.0 Å². The first-order chi connectivity index (χ1) is 14.0. The van der Waals surface area contributed by atoms with E-state index >= 15 is 0 Å². The zero-order valence-electron chi connectivity index (χ0n) is 15.7. The van der Waals surface area contributed by atoms with Crippen LogP contribution in [0, 0.1) is 6.92 Å². The van der Waals surface area contributed by atoms with Crippen molar-refractivity contribution in [3.8, 4) is 10.9 Å². The number of carbonyl (C=O) groups excluding carboxylic acids is 1. The lowest BCUT2D eigenvalue weighted by molar-refractivity contribution is -0.116. The minimum absolute atomic E-state index is 0.00253. The van der Waals surface area contributed by atoms with Crippen LogP contribution in [-0.2, 0) is 4.79 Å². The summed E-state index contributed by atoms with van der Waals surface area (Å²) >= 11 is 6.71. The molecule has 5 rings (SSSR count). The molecular weight excluding hydrogens is 472 g/mol. The molecule has 1 atom stereocenters. The molecule has 0 radical (unpaired) electrons. The van der Waals surface area contributed by atoms with Gasteiger partial charge >= 0.3 is 0 Å². The molecule has 1 aromatic carbocycles. The van der Waals surface area contributed by atoms with Gasteiger partial charge in [0, 0.05) is 32.6 Å². The zero-order chi connectivity index (χ0) is 20.1. The number of thiazole rings is 1. The summed E-state index contributed by atoms with van der Waals surface area (Å²) in [7, 11) is 0. The van der Waals surface area contributed by atoms with Gasteiger partial charge in [-0.3, -0.25) is 4.79 Å². The molecule has 1 N–H and O–H groups in total. The van der Waals surface area contributed by atoms with Gasteiger partial charge in [-0.1, -0.05) is 11.3 Å². The fourth-order valence-corrected chi connectivity index (χ4v) is 6.19. The van der Waals surface area contributed by atoms with Crippen LogP contribution < -0.4 is 10.1 Å². The quantitative estimate of drug-likeness (QED) is 0.412. The van der Waals surface area contributed by atoms with Crippen LogP contribution in [0.1, 0.15) is 35.4 Å². The molecule has 0 spiro atoms. The molecule has 3 aromatic heterocycles. The first kappa shape index (κ1) is 18.8. The molecule has 29 heavy (non-hydrogen) atoms. The summed E-state index contributed by atoms with van der Waals surface area (Å²) in [6.07, 6.45) is 0.421. The van der Waals surface area contributed by atoms with Gasteiger partial charge in [-0.15, -0.1) is 11.3 Å². The lowest BCUT2D eigenvalue weighted by Gasteiger charge is -2.22. The average molecular weight is 489 g/mol. The molecule has 1 aliphatic heterocycles. The van der Waals surface area contributed by atoms with Gasteiger partial charge in [-0.05, 0) is 54.0 Å². The number of nitrogens with one attached hydrogen (secondary N) is 1. The summed E-state index contributed by atoms with van der Waals surface area (Å²) in [5.41, 5.74) is 2.85. The Bertz CT molecular complexity index is 1240. The predicted molar refractivity (Wildman–Crippen MR) is 120 cm³/mol. The van der Waals surface area contributed by atoms with E-state index in [1.165, 1.54) is 11.3 Å². The van der Waals surface area contributed by atoms with Crippen LogP contribution in [0.5, 0.6) is 5.75 Å². The fourth-order valence-electron chi connectivity index (χ4n) is 3.68. The van der Waals surface area contributed by atoms with Gasteiger partial charge in [0.1, 0.15) is 11.6 Å². The SMILES string of the molecule is CCOc1ccc2nc(-n3nc(C)c4c3NC(=O)CC4c3cc(Br)cs3)sc2c1. The molecule has 148 valence electrons. The van der Waals surface area contributed by atoms with Crippen LogP contribution in [-0.4, -0.2) is 27.3 Å². The number of fused-ring (bicyclic) bond motifs is 2. The largest absolute Gasteiger partial charge is 0.494 e. The number of ether oxygens (including phenoxy) is 1. The van der Waals surface area contributed by atoms with E-state index in [-0.39, 0.29) is 11.8 Å². The molecule has 4 heterocycles. The normalized spacial score (nSPS) is 16.1. The Morgan fingerprint density at radius 1 is 1.38 bits per heavy atom. The maximum Gasteiger partial charge on any atom is 0.226 e. The van der Waals surface area contributed by atoms with E-state index in [9.17, 15) is 4.79 Å². The summed E-state index contributed by atoms with van der Waals surface area (Å²) in [6, 6.07) is 7.95. The van der Waals surface area contributed by atoms with Crippen molar-refractivity contribution in [3.05, 3.63) is 50.3 Å². The van der Waals surface area contributed by atoms with Crippen LogP contribution in [0.2, 0.25) is 0 Å². The van der Waals surface area contributed by atoms with Gasteiger partial charge in [-0.2, -0.15) is 9.78 Å². The number of anilines is 1. The van der Waals surface area contributed by atoms with E-state index in [1.54, 1.807) is 16.0 Å². The molecule has 4 aromatic rings. The number of halogens is 1. The van der Waals surface area contributed by atoms with Crippen molar-refractivity contribution >= 4 is 60.5 Å². The number of thiophene rings is 1. The summed E-state index contributed by atoms with van der Waals surface area (Å²) in [5, 5.41) is 10.5. The van der Waals surface area contributed by atoms with E-state index in [0.717, 1.165) is 47.5 Å². The number of amides is 1. The number of benzene rings is 1. The molecule has 1 unspecified atom stereocenters. The Kier molecular flexibility index (Phi) is 4.68. The molecule has 0 saturated heterocycles. The Labute approximate surface area is 183 Å². The maximum atomic E-state index is 12.5. The second-order valence-corrected chi connectivity index (χ2v) is 9.66. The third-order valence-corrected chi connectivity index (χ3v) is 7.68. The number of hydrogen-bond donors (Lipinski definition) is 1. The second kappa shape index (κ2) is 7.23. The third-order valence-electron chi connectivity index (χ3n) is 4.87. The van der Waals surface area contributed by atoms with Crippen molar-refractivity contribution in [1.29, 1.82) is 0 Å². The number of rotatable bonds is 4. The molecule has 0 saturated carbocycles. The monoisotopic (exact) mass is 488 g/mol. The Hall–Kier alpha value is -2.23. The number of aryl methyl sites for hydroxylation is 1. The average Bonchev–Trinajstić information content (AvgIpc) is 3.38. The van der Waals surface area contributed by atoms with Crippen molar-refractivity contribution in [2.45, 2.75) is 26.2 Å². The molecule has 0 fully saturated rings. The zero-order valence-corrected chi connectivity index (χ0v) is 18.9. The van der Waals surface area contributed by atoms with Crippen molar-refractivity contribution in [3.63, 3.8) is 0 Å². The molecular formula is C20H17BrN4O2S2. The van der Waals surface area contributed by atoms with E-state index in [2.05, 4.69) is 27.3 Å². The molecule has 9 heteroatoms. The van der Waals surface area contributed by atoms with Crippen molar-refractivity contribution < 1.29 is 9.53 Å². The number of aromatic nitrogens is 3. The summed E-state index contributed by atoms with van der Waals surface area (Å²) < 4.78 is 9.42. The first-order valence-electron chi connectivity index (χ1n) is 9.20. The van der Waals surface area contributed by atoms with Gasteiger partial charge < -0.3 is 10.1 Å². The summed E-state index contributed by atoms with van der Waals surface area (Å²) in [5.74, 6) is 1.54. The van der Waals surface area contributed by atoms with Gasteiger partial charge in [-0.25, -0.2) is 4.98 Å². The van der Waals surface area contributed by atoms with Crippen LogP contribution in [0.3, 0.4) is 0 Å². The molecule has 1 aliphatic rings. The molecule has 0 bridgehead atoms. The molecule has 0 aliphatic carbocycles. The van der Waals surface area contributed by atoms with Crippen LogP contribution in [0.25, 0.3) is 15.3 Å². The van der Waals surface area contributed by atoms with Gasteiger partial charge in [0.25, 0.3) is 0 Å². The highest BCUT2D eigenvalue weighted by Gasteiger charge is 2.34. The van der Waals surface area contributed by atoms with Crippen LogP contribution in [0.15, 0.2) is 34.1 Å². The molecule has 1 amide bonds. The van der Waals surface area contributed by atoms with E-state index in [1.807, 2.05) is 37.4 Å². The highest BCUT2D eigenvalue weighted by atomic mass is 79.9.